The summed E-state index contributed by atoms with van der Waals surface area (Å²) in [5, 5.41) is 11.9. The molecule has 0 unspecified atom stereocenters. The zero-order valence-electron chi connectivity index (χ0n) is 13.4. The van der Waals surface area contributed by atoms with Crippen LogP contribution in [-0.4, -0.2) is 17.0 Å². The number of carboxylic acids is 1. The molecule has 0 aliphatic heterocycles. The quantitative estimate of drug-likeness (QED) is 0.876. The SMILES string of the molecule is Cc1ccc(Oc2ccccc2NC(=O)[C@@H]2CC[C@H]2C(=O)O)cc1. The molecule has 2 aromatic carbocycles. The maximum Gasteiger partial charge on any atom is 0.307 e. The number of aryl methyl sites for hydroxylation is 1. The third kappa shape index (κ3) is 3.40. The zero-order chi connectivity index (χ0) is 17.1. The van der Waals surface area contributed by atoms with Crippen molar-refractivity contribution in [1.29, 1.82) is 0 Å². The number of nitrogens with one attached hydrogen (secondary N) is 1. The first-order valence-corrected chi connectivity index (χ1v) is 7.92. The lowest BCUT2D eigenvalue weighted by atomic mass is 9.73. The Morgan fingerprint density at radius 1 is 1.04 bits per heavy atom. The molecule has 0 radical (unpaired) electrons. The van der Waals surface area contributed by atoms with Gasteiger partial charge in [0.15, 0.2) is 5.75 Å². The third-order valence-electron chi connectivity index (χ3n) is 4.32. The predicted octanol–water partition coefficient (Wildman–Crippen LogP) is 3.84. The van der Waals surface area contributed by atoms with Crippen LogP contribution in [-0.2, 0) is 9.59 Å². The summed E-state index contributed by atoms with van der Waals surface area (Å²) in [6, 6.07) is 14.8. The highest BCUT2D eigenvalue weighted by atomic mass is 16.5. The summed E-state index contributed by atoms with van der Waals surface area (Å²) in [5.41, 5.74) is 1.67. The first kappa shape index (κ1) is 16.1. The van der Waals surface area contributed by atoms with Gasteiger partial charge in [-0.25, -0.2) is 0 Å². The van der Waals surface area contributed by atoms with Crippen molar-refractivity contribution in [3.63, 3.8) is 0 Å². The Labute approximate surface area is 140 Å². The minimum absolute atomic E-state index is 0.270. The Balaban J connectivity index is 1.73. The first-order valence-electron chi connectivity index (χ1n) is 7.92. The molecule has 24 heavy (non-hydrogen) atoms. The van der Waals surface area contributed by atoms with Gasteiger partial charge in [-0.15, -0.1) is 0 Å². The fourth-order valence-electron chi connectivity index (χ4n) is 2.73. The van der Waals surface area contributed by atoms with Gasteiger partial charge in [-0.2, -0.15) is 0 Å². The molecule has 1 saturated carbocycles. The summed E-state index contributed by atoms with van der Waals surface area (Å²) in [7, 11) is 0. The van der Waals surface area contributed by atoms with Crippen molar-refractivity contribution in [2.75, 3.05) is 5.32 Å². The summed E-state index contributed by atoms with van der Waals surface area (Å²) in [6.07, 6.45) is 1.15. The Bertz CT molecular complexity index is 754. The van der Waals surface area contributed by atoms with Crippen molar-refractivity contribution in [1.82, 2.24) is 0 Å². The molecule has 3 rings (SSSR count). The molecule has 0 heterocycles. The number of carboxylic acid groups (broad SMARTS) is 1. The van der Waals surface area contributed by atoms with Crippen LogP contribution < -0.4 is 10.1 Å². The number of para-hydroxylation sites is 2. The number of aliphatic carboxylic acids is 1. The molecule has 124 valence electrons. The summed E-state index contributed by atoms with van der Waals surface area (Å²) >= 11 is 0. The second kappa shape index (κ2) is 6.74. The number of carbonyl (C=O) groups is 2. The van der Waals surface area contributed by atoms with Crippen LogP contribution in [0, 0.1) is 18.8 Å². The van der Waals surface area contributed by atoms with Crippen LogP contribution in [0.15, 0.2) is 48.5 Å². The Morgan fingerprint density at radius 2 is 1.71 bits per heavy atom. The van der Waals surface area contributed by atoms with Crippen molar-refractivity contribution >= 4 is 17.6 Å². The van der Waals surface area contributed by atoms with Gasteiger partial charge in [0.25, 0.3) is 0 Å². The molecule has 1 aliphatic carbocycles. The van der Waals surface area contributed by atoms with Crippen LogP contribution in [0.2, 0.25) is 0 Å². The number of benzene rings is 2. The summed E-state index contributed by atoms with van der Waals surface area (Å²) in [5.74, 6) is -1.04. The standard InChI is InChI=1S/C19H19NO4/c1-12-6-8-13(9-7-12)24-17-5-3-2-4-16(17)20-18(21)14-10-11-15(14)19(22)23/h2-9,14-15H,10-11H2,1H3,(H,20,21)(H,22,23)/t14-,15-/m1/s1. The van der Waals surface area contributed by atoms with E-state index in [2.05, 4.69) is 5.32 Å². The largest absolute Gasteiger partial charge is 0.481 e. The summed E-state index contributed by atoms with van der Waals surface area (Å²) in [6.45, 7) is 2.00. The number of amides is 1. The van der Waals surface area contributed by atoms with Gasteiger partial charge in [-0.1, -0.05) is 29.8 Å². The van der Waals surface area contributed by atoms with E-state index in [9.17, 15) is 9.59 Å². The van der Waals surface area contributed by atoms with Gasteiger partial charge in [-0.3, -0.25) is 9.59 Å². The lowest BCUT2D eigenvalue weighted by Crippen LogP contribution is -2.41. The maximum absolute atomic E-state index is 12.3. The highest BCUT2D eigenvalue weighted by Gasteiger charge is 2.41. The lowest BCUT2D eigenvalue weighted by molar-refractivity contribution is -0.151. The normalized spacial score (nSPS) is 19.2. The molecular formula is C19H19NO4. The van der Waals surface area contributed by atoms with Crippen LogP contribution in [0.1, 0.15) is 18.4 Å². The fourth-order valence-corrected chi connectivity index (χ4v) is 2.73. The smallest absolute Gasteiger partial charge is 0.307 e. The monoisotopic (exact) mass is 325 g/mol. The van der Waals surface area contributed by atoms with Gasteiger partial charge in [0.2, 0.25) is 5.91 Å². The first-order chi connectivity index (χ1) is 11.5. The van der Waals surface area contributed by atoms with E-state index in [0.29, 0.717) is 30.0 Å². The van der Waals surface area contributed by atoms with Gasteiger partial charge < -0.3 is 15.2 Å². The molecule has 0 saturated heterocycles. The minimum Gasteiger partial charge on any atom is -0.481 e. The molecule has 0 aromatic heterocycles. The van der Waals surface area contributed by atoms with E-state index in [1.54, 1.807) is 18.2 Å². The Morgan fingerprint density at radius 3 is 2.33 bits per heavy atom. The van der Waals surface area contributed by atoms with Crippen molar-refractivity contribution in [2.45, 2.75) is 19.8 Å². The average Bonchev–Trinajstić information content (AvgIpc) is 2.49. The minimum atomic E-state index is -0.911. The van der Waals surface area contributed by atoms with Crippen LogP contribution in [0.4, 0.5) is 5.69 Å². The van der Waals surface area contributed by atoms with Crippen LogP contribution in [0.3, 0.4) is 0 Å². The predicted molar refractivity (Wildman–Crippen MR) is 90.2 cm³/mol. The molecule has 1 amide bonds. The Hall–Kier alpha value is -2.82. The Kier molecular flexibility index (Phi) is 4.51. The van der Waals surface area contributed by atoms with E-state index in [1.807, 2.05) is 37.3 Å². The molecule has 0 spiro atoms. The molecular weight excluding hydrogens is 306 g/mol. The van der Waals surface area contributed by atoms with E-state index < -0.39 is 17.8 Å². The van der Waals surface area contributed by atoms with Gasteiger partial charge in [0, 0.05) is 0 Å². The van der Waals surface area contributed by atoms with Gasteiger partial charge in [0.1, 0.15) is 5.75 Å². The molecule has 1 fully saturated rings. The summed E-state index contributed by atoms with van der Waals surface area (Å²) in [4.78, 5) is 23.4. The number of hydrogen-bond acceptors (Lipinski definition) is 3. The van der Waals surface area contributed by atoms with E-state index >= 15 is 0 Å². The number of rotatable bonds is 5. The molecule has 2 atom stereocenters. The molecule has 2 N–H and O–H groups in total. The topological polar surface area (TPSA) is 75.6 Å². The lowest BCUT2D eigenvalue weighted by Gasteiger charge is -2.32. The second-order valence-corrected chi connectivity index (χ2v) is 6.03. The number of ether oxygens (including phenoxy) is 1. The second-order valence-electron chi connectivity index (χ2n) is 6.03. The van der Waals surface area contributed by atoms with Gasteiger partial charge in [0.05, 0.1) is 17.5 Å². The van der Waals surface area contributed by atoms with Crippen LogP contribution >= 0.6 is 0 Å². The molecule has 0 bridgehead atoms. The van der Waals surface area contributed by atoms with Gasteiger partial charge in [-0.05, 0) is 44.0 Å². The fraction of sp³-hybridized carbons (Fsp3) is 0.263. The number of hydrogen-bond donors (Lipinski definition) is 2. The van der Waals surface area contributed by atoms with Crippen LogP contribution in [0.5, 0.6) is 11.5 Å². The third-order valence-corrected chi connectivity index (χ3v) is 4.32. The highest BCUT2D eigenvalue weighted by Crippen LogP contribution is 2.36. The average molecular weight is 325 g/mol. The van der Waals surface area contributed by atoms with Gasteiger partial charge >= 0.3 is 5.97 Å². The molecule has 5 heteroatoms. The number of carbonyl (C=O) groups excluding carboxylic acids is 1. The maximum atomic E-state index is 12.3. The zero-order valence-corrected chi connectivity index (χ0v) is 13.4. The van der Waals surface area contributed by atoms with Crippen molar-refractivity contribution in [3.8, 4) is 11.5 Å². The van der Waals surface area contributed by atoms with Crippen molar-refractivity contribution in [3.05, 3.63) is 54.1 Å². The van der Waals surface area contributed by atoms with Crippen LogP contribution in [0.25, 0.3) is 0 Å². The highest BCUT2D eigenvalue weighted by molar-refractivity contribution is 5.97. The molecule has 1 aliphatic rings. The van der Waals surface area contributed by atoms with Crippen molar-refractivity contribution in [2.24, 2.45) is 11.8 Å². The summed E-state index contributed by atoms with van der Waals surface area (Å²) < 4.78 is 5.84. The van der Waals surface area contributed by atoms with E-state index in [0.717, 1.165) is 5.56 Å². The van der Waals surface area contributed by atoms with E-state index in [1.165, 1.54) is 0 Å². The van der Waals surface area contributed by atoms with Crippen molar-refractivity contribution < 1.29 is 19.4 Å². The number of anilines is 1. The molecule has 5 nitrogen and oxygen atoms in total. The van der Waals surface area contributed by atoms with E-state index in [-0.39, 0.29) is 5.91 Å². The molecule has 2 aromatic rings. The van der Waals surface area contributed by atoms with E-state index in [4.69, 9.17) is 9.84 Å².